The number of fused-ring (bicyclic) bond motifs is 1. The predicted molar refractivity (Wildman–Crippen MR) is 104 cm³/mol. The molecule has 1 amide bonds. The SMILES string of the molecule is Cn1c(N2CCCC(C(=O)NCc3cccc(F)c3)C2)nc2ccccc21. The first kappa shape index (κ1) is 17.5. The Morgan fingerprint density at radius 1 is 1.26 bits per heavy atom. The maximum atomic E-state index is 13.3. The first-order valence-electron chi connectivity index (χ1n) is 9.30. The Labute approximate surface area is 157 Å². The van der Waals surface area contributed by atoms with E-state index >= 15 is 0 Å². The molecule has 1 N–H and O–H groups in total. The summed E-state index contributed by atoms with van der Waals surface area (Å²) >= 11 is 0. The summed E-state index contributed by atoms with van der Waals surface area (Å²) in [6, 6.07) is 14.4. The fourth-order valence-corrected chi connectivity index (χ4v) is 3.77. The number of hydrogen-bond acceptors (Lipinski definition) is 3. The van der Waals surface area contributed by atoms with E-state index in [-0.39, 0.29) is 17.6 Å². The molecule has 0 aliphatic carbocycles. The topological polar surface area (TPSA) is 50.2 Å². The maximum absolute atomic E-state index is 13.3. The van der Waals surface area contributed by atoms with E-state index in [0.717, 1.165) is 41.9 Å². The van der Waals surface area contributed by atoms with Gasteiger partial charge in [0, 0.05) is 26.7 Å². The lowest BCUT2D eigenvalue weighted by molar-refractivity contribution is -0.125. The summed E-state index contributed by atoms with van der Waals surface area (Å²) in [5, 5.41) is 2.95. The Bertz CT molecular complexity index is 968. The number of carbonyl (C=O) groups is 1. The molecule has 1 aliphatic rings. The normalized spacial score (nSPS) is 17.3. The van der Waals surface area contributed by atoms with Crippen LogP contribution in [0.2, 0.25) is 0 Å². The average molecular weight is 366 g/mol. The number of halogens is 1. The lowest BCUT2D eigenvalue weighted by Gasteiger charge is -2.32. The number of imidazole rings is 1. The fraction of sp³-hybridized carbons (Fsp3) is 0.333. The van der Waals surface area contributed by atoms with Crippen LogP contribution in [0.5, 0.6) is 0 Å². The van der Waals surface area contributed by atoms with E-state index in [1.165, 1.54) is 12.1 Å². The van der Waals surface area contributed by atoms with Crippen molar-refractivity contribution in [3.05, 3.63) is 59.9 Å². The van der Waals surface area contributed by atoms with Gasteiger partial charge in [0.1, 0.15) is 5.82 Å². The predicted octanol–water partition coefficient (Wildman–Crippen LogP) is 3.25. The van der Waals surface area contributed by atoms with Crippen LogP contribution in [-0.2, 0) is 18.4 Å². The molecule has 1 fully saturated rings. The number of aryl methyl sites for hydroxylation is 1. The standard InChI is InChI=1S/C21H23FN4O/c1-25-19-10-3-2-9-18(19)24-21(25)26-11-5-7-16(14-26)20(27)23-13-15-6-4-8-17(22)12-15/h2-4,6,8-10,12,16H,5,7,11,13-14H2,1H3,(H,23,27). The van der Waals surface area contributed by atoms with Gasteiger partial charge < -0.3 is 14.8 Å². The highest BCUT2D eigenvalue weighted by Gasteiger charge is 2.28. The summed E-state index contributed by atoms with van der Waals surface area (Å²) in [6.45, 7) is 1.89. The van der Waals surface area contributed by atoms with Crippen molar-refractivity contribution in [1.82, 2.24) is 14.9 Å². The molecule has 140 valence electrons. The van der Waals surface area contributed by atoms with Gasteiger partial charge >= 0.3 is 0 Å². The fourth-order valence-electron chi connectivity index (χ4n) is 3.77. The van der Waals surface area contributed by atoms with E-state index in [1.807, 2.05) is 31.3 Å². The molecular weight excluding hydrogens is 343 g/mol. The molecule has 0 bridgehead atoms. The number of aromatic nitrogens is 2. The largest absolute Gasteiger partial charge is 0.352 e. The molecule has 1 saturated heterocycles. The van der Waals surface area contributed by atoms with Crippen molar-refractivity contribution in [2.75, 3.05) is 18.0 Å². The van der Waals surface area contributed by atoms with Gasteiger partial charge in [0.05, 0.1) is 17.0 Å². The summed E-state index contributed by atoms with van der Waals surface area (Å²) in [5.41, 5.74) is 2.82. The van der Waals surface area contributed by atoms with E-state index in [0.29, 0.717) is 13.1 Å². The van der Waals surface area contributed by atoms with Gasteiger partial charge in [-0.15, -0.1) is 0 Å². The number of benzene rings is 2. The van der Waals surface area contributed by atoms with Crippen LogP contribution in [-0.4, -0.2) is 28.5 Å². The third-order valence-electron chi connectivity index (χ3n) is 5.19. The molecule has 0 spiro atoms. The lowest BCUT2D eigenvalue weighted by atomic mass is 9.97. The van der Waals surface area contributed by atoms with Crippen LogP contribution in [0.15, 0.2) is 48.5 Å². The first-order chi connectivity index (χ1) is 13.1. The van der Waals surface area contributed by atoms with E-state index in [2.05, 4.69) is 20.9 Å². The van der Waals surface area contributed by atoms with Crippen molar-refractivity contribution in [2.24, 2.45) is 13.0 Å². The van der Waals surface area contributed by atoms with Crippen LogP contribution in [0, 0.1) is 11.7 Å². The zero-order valence-corrected chi connectivity index (χ0v) is 15.4. The van der Waals surface area contributed by atoms with Crippen LogP contribution >= 0.6 is 0 Å². The Morgan fingerprint density at radius 2 is 2.11 bits per heavy atom. The summed E-state index contributed by atoms with van der Waals surface area (Å²) in [6.07, 6.45) is 1.80. The number of nitrogens with one attached hydrogen (secondary N) is 1. The number of rotatable bonds is 4. The number of hydrogen-bond donors (Lipinski definition) is 1. The zero-order valence-electron chi connectivity index (χ0n) is 15.4. The molecule has 4 rings (SSSR count). The molecule has 1 aromatic heterocycles. The second-order valence-electron chi connectivity index (χ2n) is 7.09. The molecule has 1 aliphatic heterocycles. The smallest absolute Gasteiger partial charge is 0.225 e. The molecular formula is C21H23FN4O. The van der Waals surface area contributed by atoms with Gasteiger partial charge in [-0.3, -0.25) is 4.79 Å². The number of anilines is 1. The van der Waals surface area contributed by atoms with Gasteiger partial charge in [0.15, 0.2) is 0 Å². The Kier molecular flexibility index (Phi) is 4.79. The minimum absolute atomic E-state index is 0.0164. The van der Waals surface area contributed by atoms with Crippen LogP contribution in [0.1, 0.15) is 18.4 Å². The Balaban J connectivity index is 1.44. The molecule has 3 aromatic rings. The van der Waals surface area contributed by atoms with Gasteiger partial charge in [-0.25, -0.2) is 9.37 Å². The lowest BCUT2D eigenvalue weighted by Crippen LogP contribution is -2.43. The molecule has 6 heteroatoms. The average Bonchev–Trinajstić information content (AvgIpc) is 3.03. The molecule has 1 atom stereocenters. The van der Waals surface area contributed by atoms with Crippen LogP contribution in [0.4, 0.5) is 10.3 Å². The second kappa shape index (κ2) is 7.39. The van der Waals surface area contributed by atoms with Crippen LogP contribution < -0.4 is 10.2 Å². The number of para-hydroxylation sites is 2. The maximum Gasteiger partial charge on any atom is 0.225 e. The third kappa shape index (κ3) is 3.65. The van der Waals surface area contributed by atoms with Crippen molar-refractivity contribution in [2.45, 2.75) is 19.4 Å². The second-order valence-corrected chi connectivity index (χ2v) is 7.09. The van der Waals surface area contributed by atoms with E-state index in [1.54, 1.807) is 6.07 Å². The highest BCUT2D eigenvalue weighted by atomic mass is 19.1. The van der Waals surface area contributed by atoms with Crippen molar-refractivity contribution in [3.8, 4) is 0 Å². The Morgan fingerprint density at radius 3 is 2.93 bits per heavy atom. The van der Waals surface area contributed by atoms with Gasteiger partial charge in [-0.05, 0) is 42.7 Å². The first-order valence-corrected chi connectivity index (χ1v) is 9.30. The van der Waals surface area contributed by atoms with E-state index in [4.69, 9.17) is 4.98 Å². The highest BCUT2D eigenvalue weighted by Crippen LogP contribution is 2.26. The number of piperidine rings is 1. The van der Waals surface area contributed by atoms with Gasteiger partial charge in [-0.1, -0.05) is 24.3 Å². The van der Waals surface area contributed by atoms with Gasteiger partial charge in [0.2, 0.25) is 11.9 Å². The van der Waals surface area contributed by atoms with Crippen molar-refractivity contribution in [3.63, 3.8) is 0 Å². The third-order valence-corrected chi connectivity index (χ3v) is 5.19. The van der Waals surface area contributed by atoms with Crippen LogP contribution in [0.3, 0.4) is 0 Å². The molecule has 0 radical (unpaired) electrons. The minimum atomic E-state index is -0.285. The highest BCUT2D eigenvalue weighted by molar-refractivity contribution is 5.81. The number of nitrogens with zero attached hydrogens (tertiary/aromatic N) is 3. The molecule has 2 heterocycles. The summed E-state index contributed by atoms with van der Waals surface area (Å²) in [5.74, 6) is 0.543. The summed E-state index contributed by atoms with van der Waals surface area (Å²) < 4.78 is 15.4. The van der Waals surface area contributed by atoms with Crippen LogP contribution in [0.25, 0.3) is 11.0 Å². The minimum Gasteiger partial charge on any atom is -0.352 e. The monoisotopic (exact) mass is 366 g/mol. The molecule has 0 saturated carbocycles. The zero-order chi connectivity index (χ0) is 18.8. The number of amides is 1. The van der Waals surface area contributed by atoms with E-state index in [9.17, 15) is 9.18 Å². The quantitative estimate of drug-likeness (QED) is 0.771. The van der Waals surface area contributed by atoms with Gasteiger partial charge in [-0.2, -0.15) is 0 Å². The molecule has 5 nitrogen and oxygen atoms in total. The Hall–Kier alpha value is -2.89. The van der Waals surface area contributed by atoms with Crippen molar-refractivity contribution < 1.29 is 9.18 Å². The summed E-state index contributed by atoms with van der Waals surface area (Å²) in [7, 11) is 2.01. The molecule has 2 aromatic carbocycles. The molecule has 27 heavy (non-hydrogen) atoms. The molecule has 1 unspecified atom stereocenters. The van der Waals surface area contributed by atoms with Crippen molar-refractivity contribution in [1.29, 1.82) is 0 Å². The van der Waals surface area contributed by atoms with E-state index < -0.39 is 0 Å². The summed E-state index contributed by atoms with van der Waals surface area (Å²) in [4.78, 5) is 19.6. The van der Waals surface area contributed by atoms with Gasteiger partial charge in [0.25, 0.3) is 0 Å². The van der Waals surface area contributed by atoms with Crippen molar-refractivity contribution >= 4 is 22.9 Å². The number of carbonyl (C=O) groups excluding carboxylic acids is 1.